The van der Waals surface area contributed by atoms with Crippen LogP contribution < -0.4 is 0 Å². The van der Waals surface area contributed by atoms with Gasteiger partial charge in [-0.25, -0.2) is 4.79 Å². The van der Waals surface area contributed by atoms with Crippen LogP contribution in [0.4, 0.5) is 4.79 Å². The zero-order chi connectivity index (χ0) is 18.9. The molecule has 0 saturated carbocycles. The van der Waals surface area contributed by atoms with Crippen molar-refractivity contribution in [2.45, 2.75) is 26.8 Å². The highest BCUT2D eigenvalue weighted by Crippen LogP contribution is 2.08. The van der Waals surface area contributed by atoms with Crippen molar-refractivity contribution in [2.24, 2.45) is 0 Å². The first-order valence-corrected chi connectivity index (χ1v) is 8.85. The average Bonchev–Trinajstić information content (AvgIpc) is 2.65. The molecule has 1 aliphatic heterocycles. The van der Waals surface area contributed by atoms with Crippen molar-refractivity contribution in [1.29, 1.82) is 0 Å². The van der Waals surface area contributed by atoms with E-state index in [0.717, 1.165) is 5.56 Å². The Balaban J connectivity index is 1.79. The zero-order valence-electron chi connectivity index (χ0n) is 15.4. The van der Waals surface area contributed by atoms with Gasteiger partial charge in [0.15, 0.2) is 0 Å². The summed E-state index contributed by atoms with van der Waals surface area (Å²) < 4.78 is 4.97. The van der Waals surface area contributed by atoms with Gasteiger partial charge in [0.25, 0.3) is 0 Å². The summed E-state index contributed by atoms with van der Waals surface area (Å²) in [7, 11) is 0. The predicted molar refractivity (Wildman–Crippen MR) is 95.1 cm³/mol. The van der Waals surface area contributed by atoms with E-state index in [1.807, 2.05) is 12.1 Å². The Morgan fingerprint density at radius 1 is 1.12 bits per heavy atom. The maximum atomic E-state index is 12.4. The van der Waals surface area contributed by atoms with Gasteiger partial charge in [-0.2, -0.15) is 0 Å². The van der Waals surface area contributed by atoms with Gasteiger partial charge in [0.2, 0.25) is 11.8 Å². The minimum Gasteiger partial charge on any atom is -0.450 e. The van der Waals surface area contributed by atoms with E-state index in [2.05, 4.69) is 4.98 Å². The third-order valence-corrected chi connectivity index (χ3v) is 4.32. The van der Waals surface area contributed by atoms with Gasteiger partial charge in [0, 0.05) is 65.0 Å². The van der Waals surface area contributed by atoms with Crippen molar-refractivity contribution in [2.75, 3.05) is 39.3 Å². The molecule has 0 N–H and O–H groups in total. The third-order valence-electron chi connectivity index (χ3n) is 4.32. The Bertz CT molecular complexity index is 615. The quantitative estimate of drug-likeness (QED) is 0.757. The number of aromatic nitrogens is 1. The van der Waals surface area contributed by atoms with Crippen LogP contribution in [0.5, 0.6) is 0 Å². The van der Waals surface area contributed by atoms with Crippen LogP contribution in [0.25, 0.3) is 0 Å². The van der Waals surface area contributed by atoms with Crippen molar-refractivity contribution in [3.63, 3.8) is 0 Å². The summed E-state index contributed by atoms with van der Waals surface area (Å²) in [6, 6.07) is 3.71. The summed E-state index contributed by atoms with van der Waals surface area (Å²) in [6.45, 7) is 6.36. The number of carbonyl (C=O) groups is 3. The Morgan fingerprint density at radius 3 is 2.31 bits per heavy atom. The van der Waals surface area contributed by atoms with Crippen LogP contribution in [-0.2, 0) is 20.9 Å². The van der Waals surface area contributed by atoms with Crippen LogP contribution in [0.2, 0.25) is 0 Å². The second-order valence-electron chi connectivity index (χ2n) is 6.11. The predicted octanol–water partition coefficient (Wildman–Crippen LogP) is 1.12. The number of hydrogen-bond acceptors (Lipinski definition) is 5. The number of nitrogens with zero attached hydrogens (tertiary/aromatic N) is 4. The fourth-order valence-electron chi connectivity index (χ4n) is 2.80. The van der Waals surface area contributed by atoms with Crippen LogP contribution in [0.1, 0.15) is 25.8 Å². The van der Waals surface area contributed by atoms with E-state index in [1.165, 1.54) is 6.92 Å². The topological polar surface area (TPSA) is 83.1 Å². The average molecular weight is 362 g/mol. The lowest BCUT2D eigenvalue weighted by Gasteiger charge is -2.34. The minimum absolute atomic E-state index is 0.00510. The Morgan fingerprint density at radius 2 is 1.73 bits per heavy atom. The van der Waals surface area contributed by atoms with Crippen LogP contribution >= 0.6 is 0 Å². The number of amides is 3. The van der Waals surface area contributed by atoms with Crippen LogP contribution in [0.3, 0.4) is 0 Å². The molecule has 0 aromatic carbocycles. The Hall–Kier alpha value is -2.64. The summed E-state index contributed by atoms with van der Waals surface area (Å²) in [6.07, 6.45) is 3.30. The highest BCUT2D eigenvalue weighted by molar-refractivity contribution is 5.78. The molecular formula is C18H26N4O4. The number of rotatable bonds is 6. The molecule has 0 spiro atoms. The maximum Gasteiger partial charge on any atom is 0.409 e. The molecule has 2 rings (SSSR count). The fraction of sp³-hybridized carbons (Fsp3) is 0.556. The molecule has 0 aliphatic carbocycles. The van der Waals surface area contributed by atoms with E-state index in [-0.39, 0.29) is 24.3 Å². The lowest BCUT2D eigenvalue weighted by Crippen LogP contribution is -2.51. The molecule has 1 aromatic rings. The number of hydrogen-bond donors (Lipinski definition) is 0. The lowest BCUT2D eigenvalue weighted by molar-refractivity contribution is -0.135. The number of carbonyl (C=O) groups excluding carboxylic acids is 3. The molecule has 1 fully saturated rings. The summed E-state index contributed by atoms with van der Waals surface area (Å²) in [4.78, 5) is 44.9. The summed E-state index contributed by atoms with van der Waals surface area (Å²) in [5.74, 6) is -0.0729. The highest BCUT2D eigenvalue weighted by atomic mass is 16.6. The standard InChI is InChI=1S/C18H26N4O4/c1-3-26-18(25)21-12-10-20(11-13-21)17(24)6-9-22(15(2)23)14-16-4-7-19-8-5-16/h4-5,7-8H,3,6,9-14H2,1-2H3. The first kappa shape index (κ1) is 19.7. The second-order valence-corrected chi connectivity index (χ2v) is 6.11. The molecule has 26 heavy (non-hydrogen) atoms. The van der Waals surface area contributed by atoms with Crippen molar-refractivity contribution < 1.29 is 19.1 Å². The van der Waals surface area contributed by atoms with E-state index in [4.69, 9.17) is 4.74 Å². The van der Waals surface area contributed by atoms with Crippen molar-refractivity contribution in [1.82, 2.24) is 19.7 Å². The minimum atomic E-state index is -0.334. The summed E-state index contributed by atoms with van der Waals surface area (Å²) in [5.41, 5.74) is 0.977. The Kier molecular flexibility index (Phi) is 7.37. The summed E-state index contributed by atoms with van der Waals surface area (Å²) >= 11 is 0. The molecule has 142 valence electrons. The molecule has 8 heteroatoms. The number of pyridine rings is 1. The van der Waals surface area contributed by atoms with Crippen molar-refractivity contribution in [3.8, 4) is 0 Å². The molecule has 2 heterocycles. The van der Waals surface area contributed by atoms with Gasteiger partial charge >= 0.3 is 6.09 Å². The monoisotopic (exact) mass is 362 g/mol. The summed E-state index contributed by atoms with van der Waals surface area (Å²) in [5, 5.41) is 0. The zero-order valence-corrected chi connectivity index (χ0v) is 15.4. The lowest BCUT2D eigenvalue weighted by atomic mass is 10.2. The van der Waals surface area contributed by atoms with Gasteiger partial charge in [-0.05, 0) is 24.6 Å². The largest absolute Gasteiger partial charge is 0.450 e. The number of ether oxygens (including phenoxy) is 1. The first-order chi connectivity index (χ1) is 12.5. The van der Waals surface area contributed by atoms with Gasteiger partial charge < -0.3 is 19.4 Å². The van der Waals surface area contributed by atoms with E-state index in [9.17, 15) is 14.4 Å². The Labute approximate surface area is 153 Å². The van der Waals surface area contributed by atoms with Gasteiger partial charge in [0.05, 0.1) is 6.61 Å². The molecule has 0 radical (unpaired) electrons. The third kappa shape index (κ3) is 5.72. The molecule has 0 atom stereocenters. The van der Waals surface area contributed by atoms with E-state index in [0.29, 0.717) is 45.9 Å². The van der Waals surface area contributed by atoms with Gasteiger partial charge in [-0.15, -0.1) is 0 Å². The van der Waals surface area contributed by atoms with Gasteiger partial charge in [0.1, 0.15) is 0 Å². The molecule has 8 nitrogen and oxygen atoms in total. The van der Waals surface area contributed by atoms with Crippen LogP contribution in [0.15, 0.2) is 24.5 Å². The first-order valence-electron chi connectivity index (χ1n) is 8.85. The normalized spacial score (nSPS) is 14.1. The fourth-order valence-corrected chi connectivity index (χ4v) is 2.80. The van der Waals surface area contributed by atoms with Gasteiger partial charge in [-0.3, -0.25) is 14.6 Å². The molecule has 0 unspecified atom stereocenters. The molecule has 1 saturated heterocycles. The SMILES string of the molecule is CCOC(=O)N1CCN(C(=O)CCN(Cc2ccncc2)C(C)=O)CC1. The smallest absolute Gasteiger partial charge is 0.409 e. The van der Waals surface area contributed by atoms with Crippen molar-refractivity contribution in [3.05, 3.63) is 30.1 Å². The van der Waals surface area contributed by atoms with E-state index < -0.39 is 0 Å². The molecule has 3 amide bonds. The van der Waals surface area contributed by atoms with Gasteiger partial charge in [-0.1, -0.05) is 0 Å². The second kappa shape index (κ2) is 9.74. The van der Waals surface area contributed by atoms with Crippen LogP contribution in [-0.4, -0.2) is 76.9 Å². The number of piperazine rings is 1. The highest BCUT2D eigenvalue weighted by Gasteiger charge is 2.25. The molecule has 1 aromatic heterocycles. The molecular weight excluding hydrogens is 336 g/mol. The molecule has 1 aliphatic rings. The van der Waals surface area contributed by atoms with E-state index in [1.54, 1.807) is 34.0 Å². The van der Waals surface area contributed by atoms with E-state index >= 15 is 0 Å². The molecule has 0 bridgehead atoms. The van der Waals surface area contributed by atoms with Crippen LogP contribution in [0, 0.1) is 0 Å². The van der Waals surface area contributed by atoms with Crippen molar-refractivity contribution >= 4 is 17.9 Å². The maximum absolute atomic E-state index is 12.4.